The van der Waals surface area contributed by atoms with Crippen LogP contribution in [-0.4, -0.2) is 43.8 Å². The SMILES string of the molecule is COCCNCC(=O)C1CC(C)(C)OC1(C)C. The first-order valence-electron chi connectivity index (χ1n) is 6.21. The van der Waals surface area contributed by atoms with Crippen molar-refractivity contribution >= 4 is 5.78 Å². The predicted molar refractivity (Wildman–Crippen MR) is 67.1 cm³/mol. The Bertz CT molecular complexity index is 274. The summed E-state index contributed by atoms with van der Waals surface area (Å²) in [5.41, 5.74) is -0.556. The molecule has 0 amide bonds. The molecule has 0 aliphatic carbocycles. The fourth-order valence-corrected chi connectivity index (χ4v) is 2.57. The highest BCUT2D eigenvalue weighted by molar-refractivity contribution is 5.84. The largest absolute Gasteiger partial charge is 0.383 e. The predicted octanol–water partition coefficient (Wildman–Crippen LogP) is 1.39. The number of Topliss-reactive ketones (excluding diaryl/α,β-unsaturated/α-hetero) is 1. The van der Waals surface area contributed by atoms with E-state index in [1.165, 1.54) is 0 Å². The number of hydrogen-bond acceptors (Lipinski definition) is 4. The smallest absolute Gasteiger partial charge is 0.152 e. The van der Waals surface area contributed by atoms with E-state index in [1.54, 1.807) is 7.11 Å². The van der Waals surface area contributed by atoms with E-state index >= 15 is 0 Å². The Balaban J connectivity index is 2.46. The lowest BCUT2D eigenvalue weighted by Crippen LogP contribution is -2.38. The lowest BCUT2D eigenvalue weighted by Gasteiger charge is -2.26. The molecule has 1 fully saturated rings. The van der Waals surface area contributed by atoms with Crippen LogP contribution in [0.3, 0.4) is 0 Å². The average Bonchev–Trinajstić information content (AvgIpc) is 2.41. The highest BCUT2D eigenvalue weighted by Crippen LogP contribution is 2.42. The maximum atomic E-state index is 12.1. The van der Waals surface area contributed by atoms with E-state index in [-0.39, 0.29) is 22.9 Å². The number of rotatable bonds is 6. The quantitative estimate of drug-likeness (QED) is 0.716. The van der Waals surface area contributed by atoms with Crippen LogP contribution in [0.2, 0.25) is 0 Å². The van der Waals surface area contributed by atoms with Gasteiger partial charge in [0, 0.05) is 13.7 Å². The van der Waals surface area contributed by atoms with Gasteiger partial charge in [0.15, 0.2) is 5.78 Å². The van der Waals surface area contributed by atoms with Crippen LogP contribution >= 0.6 is 0 Å². The molecule has 1 heterocycles. The fraction of sp³-hybridized carbons (Fsp3) is 0.923. The number of nitrogens with one attached hydrogen (secondary N) is 1. The topological polar surface area (TPSA) is 47.6 Å². The average molecular weight is 243 g/mol. The van der Waals surface area contributed by atoms with Crippen LogP contribution in [0.5, 0.6) is 0 Å². The van der Waals surface area contributed by atoms with E-state index in [1.807, 2.05) is 27.7 Å². The Labute approximate surface area is 104 Å². The minimum atomic E-state index is -0.358. The molecule has 0 saturated carbocycles. The standard InChI is InChI=1S/C13H25NO3/c1-12(2)8-10(13(3,4)17-12)11(15)9-14-6-7-16-5/h10,14H,6-9H2,1-5H3. The van der Waals surface area contributed by atoms with Gasteiger partial charge in [-0.05, 0) is 34.1 Å². The van der Waals surface area contributed by atoms with Gasteiger partial charge in [0.05, 0.1) is 30.3 Å². The van der Waals surface area contributed by atoms with Crippen LogP contribution in [0.4, 0.5) is 0 Å². The normalized spacial score (nSPS) is 26.1. The minimum absolute atomic E-state index is 0.0208. The Hall–Kier alpha value is -0.450. The number of hydrogen-bond donors (Lipinski definition) is 1. The van der Waals surface area contributed by atoms with Gasteiger partial charge in [0.2, 0.25) is 0 Å². The van der Waals surface area contributed by atoms with Gasteiger partial charge >= 0.3 is 0 Å². The zero-order valence-corrected chi connectivity index (χ0v) is 11.6. The van der Waals surface area contributed by atoms with E-state index in [0.717, 1.165) is 6.42 Å². The summed E-state index contributed by atoms with van der Waals surface area (Å²) in [6, 6.07) is 0. The molecule has 1 N–H and O–H groups in total. The molecule has 1 unspecified atom stereocenters. The van der Waals surface area contributed by atoms with Gasteiger partial charge in [0.1, 0.15) is 0 Å². The second-order valence-corrected chi connectivity index (χ2v) is 5.86. The fourth-order valence-electron chi connectivity index (χ4n) is 2.57. The molecule has 1 rings (SSSR count). The molecule has 0 aromatic rings. The molecule has 1 atom stereocenters. The molecule has 1 aliphatic rings. The highest BCUT2D eigenvalue weighted by atomic mass is 16.5. The number of carbonyl (C=O) groups excluding carboxylic acids is 1. The van der Waals surface area contributed by atoms with Crippen LogP contribution in [0.25, 0.3) is 0 Å². The molecule has 0 radical (unpaired) electrons. The first-order chi connectivity index (χ1) is 7.78. The van der Waals surface area contributed by atoms with Crippen LogP contribution in [-0.2, 0) is 14.3 Å². The molecular formula is C13H25NO3. The molecule has 0 aromatic heterocycles. The van der Waals surface area contributed by atoms with Crippen molar-refractivity contribution in [2.24, 2.45) is 5.92 Å². The summed E-state index contributed by atoms with van der Waals surface area (Å²) in [5, 5.41) is 3.10. The van der Waals surface area contributed by atoms with Crippen molar-refractivity contribution in [1.82, 2.24) is 5.32 Å². The molecule has 1 saturated heterocycles. The van der Waals surface area contributed by atoms with Gasteiger partial charge < -0.3 is 14.8 Å². The van der Waals surface area contributed by atoms with Crippen LogP contribution < -0.4 is 5.32 Å². The van der Waals surface area contributed by atoms with Crippen molar-refractivity contribution in [2.75, 3.05) is 26.8 Å². The maximum Gasteiger partial charge on any atom is 0.152 e. The third-order valence-corrected chi connectivity index (χ3v) is 3.25. The van der Waals surface area contributed by atoms with Crippen molar-refractivity contribution in [3.05, 3.63) is 0 Å². The van der Waals surface area contributed by atoms with Gasteiger partial charge in [-0.1, -0.05) is 0 Å². The summed E-state index contributed by atoms with van der Waals surface area (Å²) in [6.07, 6.45) is 0.796. The van der Waals surface area contributed by atoms with Crippen molar-refractivity contribution in [3.63, 3.8) is 0 Å². The van der Waals surface area contributed by atoms with E-state index in [0.29, 0.717) is 19.7 Å². The number of carbonyl (C=O) groups is 1. The lowest BCUT2D eigenvalue weighted by atomic mass is 9.84. The number of methoxy groups -OCH3 is 1. The Kier molecular flexibility index (Phi) is 4.69. The zero-order chi connectivity index (χ0) is 13.1. The first-order valence-corrected chi connectivity index (χ1v) is 6.21. The maximum absolute atomic E-state index is 12.1. The molecule has 17 heavy (non-hydrogen) atoms. The Morgan fingerprint density at radius 2 is 2.06 bits per heavy atom. The third kappa shape index (κ3) is 4.05. The Morgan fingerprint density at radius 3 is 2.53 bits per heavy atom. The monoisotopic (exact) mass is 243 g/mol. The molecule has 0 aromatic carbocycles. The summed E-state index contributed by atoms with van der Waals surface area (Å²) in [5.74, 6) is 0.212. The number of ether oxygens (including phenoxy) is 2. The summed E-state index contributed by atoms with van der Waals surface area (Å²) >= 11 is 0. The summed E-state index contributed by atoms with van der Waals surface area (Å²) in [7, 11) is 1.65. The van der Waals surface area contributed by atoms with Gasteiger partial charge in [0.25, 0.3) is 0 Å². The third-order valence-electron chi connectivity index (χ3n) is 3.25. The van der Waals surface area contributed by atoms with Crippen molar-refractivity contribution < 1.29 is 14.3 Å². The molecular weight excluding hydrogens is 218 g/mol. The summed E-state index contributed by atoms with van der Waals surface area (Å²) in [6.45, 7) is 9.82. The van der Waals surface area contributed by atoms with Crippen molar-refractivity contribution in [1.29, 1.82) is 0 Å². The molecule has 100 valence electrons. The van der Waals surface area contributed by atoms with Crippen molar-refractivity contribution in [3.8, 4) is 0 Å². The highest BCUT2D eigenvalue weighted by Gasteiger charge is 2.48. The van der Waals surface area contributed by atoms with E-state index in [9.17, 15) is 4.79 Å². The first kappa shape index (κ1) is 14.6. The van der Waals surface area contributed by atoms with E-state index < -0.39 is 0 Å². The van der Waals surface area contributed by atoms with E-state index in [4.69, 9.17) is 9.47 Å². The van der Waals surface area contributed by atoms with Gasteiger partial charge in [-0.15, -0.1) is 0 Å². The zero-order valence-electron chi connectivity index (χ0n) is 11.6. The Morgan fingerprint density at radius 1 is 1.41 bits per heavy atom. The second kappa shape index (κ2) is 5.46. The van der Waals surface area contributed by atoms with E-state index in [2.05, 4.69) is 5.32 Å². The van der Waals surface area contributed by atoms with Crippen molar-refractivity contribution in [2.45, 2.75) is 45.3 Å². The second-order valence-electron chi connectivity index (χ2n) is 5.86. The molecule has 4 heteroatoms. The molecule has 0 spiro atoms. The van der Waals surface area contributed by atoms with Crippen LogP contribution in [0, 0.1) is 5.92 Å². The molecule has 4 nitrogen and oxygen atoms in total. The van der Waals surface area contributed by atoms with Crippen LogP contribution in [0.1, 0.15) is 34.1 Å². The van der Waals surface area contributed by atoms with Gasteiger partial charge in [-0.25, -0.2) is 0 Å². The minimum Gasteiger partial charge on any atom is -0.383 e. The summed E-state index contributed by atoms with van der Waals surface area (Å²) in [4.78, 5) is 12.1. The van der Waals surface area contributed by atoms with Gasteiger partial charge in [-0.3, -0.25) is 4.79 Å². The molecule has 1 aliphatic heterocycles. The number of ketones is 1. The summed E-state index contributed by atoms with van der Waals surface area (Å²) < 4.78 is 10.8. The lowest BCUT2D eigenvalue weighted by molar-refractivity contribution is -0.128. The molecule has 0 bridgehead atoms. The van der Waals surface area contributed by atoms with Gasteiger partial charge in [-0.2, -0.15) is 0 Å². The van der Waals surface area contributed by atoms with Crippen LogP contribution in [0.15, 0.2) is 0 Å².